The number of rotatable bonds is 6. The molecule has 5 heteroatoms. The van der Waals surface area contributed by atoms with Gasteiger partial charge in [-0.15, -0.1) is 0 Å². The van der Waals surface area contributed by atoms with Crippen molar-refractivity contribution < 1.29 is 14.3 Å². The van der Waals surface area contributed by atoms with E-state index in [1.807, 2.05) is 24.3 Å². The fourth-order valence-electron chi connectivity index (χ4n) is 6.61. The molecule has 1 N–H and O–H groups in total. The third kappa shape index (κ3) is 4.19. The average molecular weight is 523 g/mol. The van der Waals surface area contributed by atoms with Gasteiger partial charge in [0.25, 0.3) is 0 Å². The van der Waals surface area contributed by atoms with Crippen molar-refractivity contribution in [3.05, 3.63) is 101 Å². The Morgan fingerprint density at radius 2 is 1.79 bits per heavy atom. The van der Waals surface area contributed by atoms with Gasteiger partial charge in [0.15, 0.2) is 5.78 Å². The van der Waals surface area contributed by atoms with Crippen LogP contribution in [0.1, 0.15) is 59.8 Å². The number of hydrogen-bond acceptors (Lipinski definition) is 5. The standard InChI is InChI=1S/C34H38N2O3/c1-5-33(36-17-19-38-20-18-36,23-25-9-7-6-8-10-25)31(37)27-12-14-30-26(22-27)15-16-34(39-30)32(3,4)28-21-24(2)11-13-29(28)35-34/h6-16,21-22,35H,5,17-20,23H2,1-4H3. The number of Topliss-reactive ketones (excluding diaryl/α,β-unsaturated/α-hetero) is 1. The van der Waals surface area contributed by atoms with Gasteiger partial charge >= 0.3 is 0 Å². The van der Waals surface area contributed by atoms with Gasteiger partial charge < -0.3 is 14.8 Å². The van der Waals surface area contributed by atoms with E-state index in [4.69, 9.17) is 9.47 Å². The van der Waals surface area contributed by atoms with E-state index in [1.165, 1.54) is 16.7 Å². The Labute approximate surface area is 231 Å². The van der Waals surface area contributed by atoms with Crippen LogP contribution in [0.4, 0.5) is 5.69 Å². The fraction of sp³-hybridized carbons (Fsp3) is 0.382. The second-order valence-electron chi connectivity index (χ2n) is 11.7. The molecule has 0 aliphatic carbocycles. The maximum atomic E-state index is 14.5. The monoisotopic (exact) mass is 522 g/mol. The van der Waals surface area contributed by atoms with Gasteiger partial charge in [-0.2, -0.15) is 0 Å². The van der Waals surface area contributed by atoms with E-state index in [0.717, 1.165) is 42.1 Å². The summed E-state index contributed by atoms with van der Waals surface area (Å²) < 4.78 is 12.4. The van der Waals surface area contributed by atoms with Crippen LogP contribution in [0.2, 0.25) is 0 Å². The quantitative estimate of drug-likeness (QED) is 0.379. The Kier molecular flexibility index (Phi) is 6.40. The molecule has 3 aromatic rings. The van der Waals surface area contributed by atoms with Crippen LogP contribution in [0.5, 0.6) is 5.75 Å². The molecule has 3 aliphatic rings. The molecule has 0 amide bonds. The zero-order chi connectivity index (χ0) is 27.3. The molecular formula is C34H38N2O3. The molecule has 0 saturated carbocycles. The summed E-state index contributed by atoms with van der Waals surface area (Å²) >= 11 is 0. The van der Waals surface area contributed by atoms with Crippen LogP contribution in [0.15, 0.2) is 72.8 Å². The van der Waals surface area contributed by atoms with Crippen molar-refractivity contribution in [1.29, 1.82) is 0 Å². The van der Waals surface area contributed by atoms with Crippen molar-refractivity contribution in [2.45, 2.75) is 57.2 Å². The number of ketones is 1. The van der Waals surface area contributed by atoms with E-state index < -0.39 is 11.3 Å². The second kappa shape index (κ2) is 9.65. The number of carbonyl (C=O) groups is 1. The van der Waals surface area contributed by atoms with Gasteiger partial charge in [0.05, 0.1) is 24.2 Å². The van der Waals surface area contributed by atoms with Gasteiger partial charge in [-0.3, -0.25) is 9.69 Å². The lowest BCUT2D eigenvalue weighted by atomic mass is 9.76. The first kappa shape index (κ1) is 25.8. The normalized spacial score (nSPS) is 22.9. The number of aryl methyl sites for hydroxylation is 1. The summed E-state index contributed by atoms with van der Waals surface area (Å²) in [6, 6.07) is 22.8. The molecular weight excluding hydrogens is 484 g/mol. The molecule has 3 aliphatic heterocycles. The van der Waals surface area contributed by atoms with Crippen molar-refractivity contribution in [3.63, 3.8) is 0 Å². The van der Waals surface area contributed by atoms with Crippen LogP contribution in [0.25, 0.3) is 6.08 Å². The molecule has 5 nitrogen and oxygen atoms in total. The zero-order valence-electron chi connectivity index (χ0n) is 23.4. The highest BCUT2D eigenvalue weighted by Crippen LogP contribution is 2.51. The lowest BCUT2D eigenvalue weighted by Gasteiger charge is -2.44. The summed E-state index contributed by atoms with van der Waals surface area (Å²) in [5.41, 5.74) is 4.82. The van der Waals surface area contributed by atoms with Crippen LogP contribution >= 0.6 is 0 Å². The Hall–Kier alpha value is -3.41. The zero-order valence-corrected chi connectivity index (χ0v) is 23.4. The first-order valence-electron chi connectivity index (χ1n) is 14.1. The van der Waals surface area contributed by atoms with Crippen molar-refractivity contribution >= 4 is 17.5 Å². The summed E-state index contributed by atoms with van der Waals surface area (Å²) in [7, 11) is 0. The van der Waals surface area contributed by atoms with Crippen LogP contribution in [0, 0.1) is 6.92 Å². The predicted molar refractivity (Wildman–Crippen MR) is 157 cm³/mol. The maximum Gasteiger partial charge on any atom is 0.209 e. The number of nitrogens with zero attached hydrogens (tertiary/aromatic N) is 1. The minimum absolute atomic E-state index is 0.162. The SMILES string of the molecule is CCC(Cc1ccccc1)(C(=O)c1ccc2c(c1)C=CC1(Nc3ccc(C)cc3C1(C)C)O2)N1CCOCC1. The Bertz CT molecular complexity index is 1420. The largest absolute Gasteiger partial charge is 0.463 e. The number of anilines is 1. The third-order valence-corrected chi connectivity index (χ3v) is 9.10. The van der Waals surface area contributed by atoms with Crippen LogP contribution in [0.3, 0.4) is 0 Å². The second-order valence-corrected chi connectivity index (χ2v) is 11.7. The lowest BCUT2D eigenvalue weighted by Crippen LogP contribution is -2.59. The summed E-state index contributed by atoms with van der Waals surface area (Å²) in [5.74, 6) is 0.949. The smallest absolute Gasteiger partial charge is 0.209 e. The van der Waals surface area contributed by atoms with Gasteiger partial charge in [0, 0.05) is 29.9 Å². The van der Waals surface area contributed by atoms with E-state index in [0.29, 0.717) is 19.6 Å². The molecule has 3 aromatic carbocycles. The first-order chi connectivity index (χ1) is 18.8. The van der Waals surface area contributed by atoms with Gasteiger partial charge in [-0.1, -0.05) is 55.0 Å². The number of hydrogen-bond donors (Lipinski definition) is 1. The third-order valence-electron chi connectivity index (χ3n) is 9.10. The summed E-state index contributed by atoms with van der Waals surface area (Å²) in [4.78, 5) is 16.8. The lowest BCUT2D eigenvalue weighted by molar-refractivity contribution is -0.0163. The predicted octanol–water partition coefficient (Wildman–Crippen LogP) is 6.41. The summed E-state index contributed by atoms with van der Waals surface area (Å²) in [6.45, 7) is 11.5. The molecule has 2 atom stereocenters. The Morgan fingerprint density at radius 1 is 1.03 bits per heavy atom. The van der Waals surface area contributed by atoms with Crippen molar-refractivity contribution in [1.82, 2.24) is 4.90 Å². The Balaban J connectivity index is 1.34. The fourth-order valence-corrected chi connectivity index (χ4v) is 6.61. The summed E-state index contributed by atoms with van der Waals surface area (Å²) in [6.07, 6.45) is 5.63. The van der Waals surface area contributed by atoms with Crippen LogP contribution in [-0.2, 0) is 16.6 Å². The van der Waals surface area contributed by atoms with E-state index >= 15 is 0 Å². The van der Waals surface area contributed by atoms with E-state index in [-0.39, 0.29) is 11.2 Å². The van der Waals surface area contributed by atoms with Crippen LogP contribution < -0.4 is 10.1 Å². The number of nitrogens with one attached hydrogen (secondary N) is 1. The minimum Gasteiger partial charge on any atom is -0.463 e. The topological polar surface area (TPSA) is 50.8 Å². The maximum absolute atomic E-state index is 14.5. The molecule has 1 fully saturated rings. The van der Waals surface area contributed by atoms with Crippen molar-refractivity contribution in [3.8, 4) is 5.75 Å². The molecule has 0 radical (unpaired) electrons. The van der Waals surface area contributed by atoms with Gasteiger partial charge in [-0.25, -0.2) is 0 Å². The minimum atomic E-state index is -0.685. The molecule has 6 rings (SSSR count). The summed E-state index contributed by atoms with van der Waals surface area (Å²) in [5, 5.41) is 3.65. The molecule has 0 bridgehead atoms. The van der Waals surface area contributed by atoms with Gasteiger partial charge in [-0.05, 0) is 81.2 Å². The highest BCUT2D eigenvalue weighted by molar-refractivity contribution is 6.04. The highest BCUT2D eigenvalue weighted by atomic mass is 16.5. The number of fused-ring (bicyclic) bond motifs is 2. The van der Waals surface area contributed by atoms with Gasteiger partial charge in [0.2, 0.25) is 5.72 Å². The van der Waals surface area contributed by atoms with Crippen molar-refractivity contribution in [2.24, 2.45) is 0 Å². The molecule has 202 valence electrons. The van der Waals surface area contributed by atoms with Crippen molar-refractivity contribution in [2.75, 3.05) is 31.6 Å². The van der Waals surface area contributed by atoms with E-state index in [9.17, 15) is 4.79 Å². The molecule has 1 saturated heterocycles. The highest BCUT2D eigenvalue weighted by Gasteiger charge is 2.54. The number of carbonyl (C=O) groups excluding carboxylic acids is 1. The van der Waals surface area contributed by atoms with Gasteiger partial charge in [0.1, 0.15) is 5.75 Å². The first-order valence-corrected chi connectivity index (χ1v) is 14.1. The molecule has 1 spiro atoms. The molecule has 39 heavy (non-hydrogen) atoms. The molecule has 0 aromatic heterocycles. The number of benzene rings is 3. The van der Waals surface area contributed by atoms with Crippen LogP contribution in [-0.4, -0.2) is 48.3 Å². The Morgan fingerprint density at radius 3 is 2.54 bits per heavy atom. The van der Waals surface area contributed by atoms with E-state index in [2.05, 4.69) is 92.5 Å². The average Bonchev–Trinajstić information content (AvgIpc) is 3.17. The van der Waals surface area contributed by atoms with E-state index in [1.54, 1.807) is 0 Å². The molecule has 2 unspecified atom stereocenters. The molecule has 3 heterocycles. The number of ether oxygens (including phenoxy) is 2. The number of morpholine rings is 1.